The first kappa shape index (κ1) is 39.2. The Morgan fingerprint density at radius 3 is 0.760 bits per heavy atom. The van der Waals surface area contributed by atoms with Crippen molar-refractivity contribution in [2.75, 3.05) is 0 Å². The van der Waals surface area contributed by atoms with E-state index in [9.17, 15) is 15.3 Å². The van der Waals surface area contributed by atoms with Gasteiger partial charge in [0.2, 0.25) is 0 Å². The molecule has 3 nitrogen and oxygen atoms in total. The topological polar surface area (TPSA) is 60.7 Å². The molecule has 0 aliphatic rings. The third-order valence-corrected chi connectivity index (χ3v) is 8.78. The maximum atomic E-state index is 9.56. The van der Waals surface area contributed by atoms with Crippen molar-refractivity contribution in [3.05, 3.63) is 192 Å². The van der Waals surface area contributed by atoms with Gasteiger partial charge in [0.25, 0.3) is 0 Å². The zero-order valence-electron chi connectivity index (χ0n) is 29.4. The summed E-state index contributed by atoms with van der Waals surface area (Å²) in [4.78, 5) is 0. The SMILES string of the molecule is Cc1c(C)c(C)[c-](C)c1C.Oc1ccccc1-c1ccccc1.Oc1ccccc1-c1ccccc1.Oc1ccccc1-c1ccccc1.[Ti]. The van der Waals surface area contributed by atoms with E-state index in [1.807, 2.05) is 146 Å². The molecule has 7 aromatic carbocycles. The van der Waals surface area contributed by atoms with Crippen molar-refractivity contribution < 1.29 is 37.0 Å². The summed E-state index contributed by atoms with van der Waals surface area (Å²) in [5.74, 6) is 0.983. The van der Waals surface area contributed by atoms with E-state index in [0.717, 1.165) is 33.4 Å². The Balaban J connectivity index is 0.000000180. The second-order valence-corrected chi connectivity index (χ2v) is 11.8. The number of rotatable bonds is 3. The number of phenolic OH excluding ortho intramolecular Hbond substituents is 3. The van der Waals surface area contributed by atoms with Crippen molar-refractivity contribution in [1.29, 1.82) is 0 Å². The van der Waals surface area contributed by atoms with Crippen LogP contribution in [0.5, 0.6) is 17.2 Å². The summed E-state index contributed by atoms with van der Waals surface area (Å²) in [6.07, 6.45) is 0. The first-order valence-corrected chi connectivity index (χ1v) is 16.4. The number of para-hydroxylation sites is 3. The fourth-order valence-corrected chi connectivity index (χ4v) is 5.41. The molecule has 0 bridgehead atoms. The molecule has 0 heterocycles. The molecular formula is C46H45O3Ti-. The maximum Gasteiger partial charge on any atom is 0.123 e. The van der Waals surface area contributed by atoms with Crippen molar-refractivity contribution in [2.45, 2.75) is 34.6 Å². The van der Waals surface area contributed by atoms with Gasteiger partial charge in [-0.3, -0.25) is 0 Å². The zero-order chi connectivity index (χ0) is 35.2. The molecule has 0 aromatic heterocycles. The van der Waals surface area contributed by atoms with E-state index in [-0.39, 0.29) is 21.7 Å². The Kier molecular flexibility index (Phi) is 15.5. The molecule has 0 aliphatic carbocycles. The Morgan fingerprint density at radius 2 is 0.560 bits per heavy atom. The Labute approximate surface area is 312 Å². The zero-order valence-corrected chi connectivity index (χ0v) is 31.0. The summed E-state index contributed by atoms with van der Waals surface area (Å²) < 4.78 is 0. The van der Waals surface area contributed by atoms with Crippen LogP contribution in [0.2, 0.25) is 0 Å². The molecule has 3 N–H and O–H groups in total. The van der Waals surface area contributed by atoms with Gasteiger partial charge >= 0.3 is 0 Å². The predicted octanol–water partition coefficient (Wildman–Crippen LogP) is 12.1. The standard InChI is InChI=1S/3C12H10O.C10H15.Ti/c3*13-12-9-5-4-8-11(12)10-6-2-1-3-7-10;1-6-7(2)9(4)10(5)8(6)3;/h3*1-9,13H;1-5H3;/q;;;-1;. The molecule has 0 spiro atoms. The van der Waals surface area contributed by atoms with E-state index < -0.39 is 0 Å². The van der Waals surface area contributed by atoms with Crippen LogP contribution in [-0.4, -0.2) is 15.3 Å². The molecule has 0 radical (unpaired) electrons. The molecule has 252 valence electrons. The number of hydrogen-bond donors (Lipinski definition) is 3. The minimum Gasteiger partial charge on any atom is -0.507 e. The minimum absolute atomic E-state index is 0. The quantitative estimate of drug-likeness (QED) is 0.128. The molecular weight excluding hydrogens is 648 g/mol. The van der Waals surface area contributed by atoms with E-state index in [1.165, 1.54) is 27.8 Å². The van der Waals surface area contributed by atoms with Crippen LogP contribution >= 0.6 is 0 Å². The summed E-state index contributed by atoms with van der Waals surface area (Å²) >= 11 is 0. The number of aromatic hydroxyl groups is 3. The van der Waals surface area contributed by atoms with Gasteiger partial charge in [-0.15, -0.1) is 0 Å². The van der Waals surface area contributed by atoms with Gasteiger partial charge in [-0.05, 0) is 34.9 Å². The summed E-state index contributed by atoms with van der Waals surface area (Å²) in [6, 6.07) is 51.6. The average molecular weight is 694 g/mol. The van der Waals surface area contributed by atoms with Crippen molar-refractivity contribution >= 4 is 0 Å². The summed E-state index contributed by atoms with van der Waals surface area (Å²) in [7, 11) is 0. The van der Waals surface area contributed by atoms with Gasteiger partial charge in [0.1, 0.15) is 17.2 Å². The van der Waals surface area contributed by atoms with Crippen molar-refractivity contribution in [3.8, 4) is 50.6 Å². The summed E-state index contributed by atoms with van der Waals surface area (Å²) in [5, 5.41) is 28.7. The van der Waals surface area contributed by atoms with Crippen LogP contribution < -0.4 is 0 Å². The number of hydrogen-bond acceptors (Lipinski definition) is 3. The van der Waals surface area contributed by atoms with E-state index >= 15 is 0 Å². The Hall–Kier alpha value is -5.22. The van der Waals surface area contributed by atoms with E-state index in [2.05, 4.69) is 34.6 Å². The largest absolute Gasteiger partial charge is 0.507 e. The van der Waals surface area contributed by atoms with Crippen LogP contribution in [0.1, 0.15) is 27.8 Å². The van der Waals surface area contributed by atoms with Crippen molar-refractivity contribution in [1.82, 2.24) is 0 Å². The molecule has 0 fully saturated rings. The van der Waals surface area contributed by atoms with Crippen LogP contribution in [0.4, 0.5) is 0 Å². The van der Waals surface area contributed by atoms with Crippen LogP contribution in [0.25, 0.3) is 33.4 Å². The van der Waals surface area contributed by atoms with E-state index in [1.54, 1.807) is 18.2 Å². The van der Waals surface area contributed by atoms with Gasteiger partial charge in [0.15, 0.2) is 0 Å². The fourth-order valence-electron chi connectivity index (χ4n) is 5.41. The molecule has 0 saturated heterocycles. The van der Waals surface area contributed by atoms with Gasteiger partial charge in [0.05, 0.1) is 0 Å². The second kappa shape index (κ2) is 19.7. The van der Waals surface area contributed by atoms with Crippen LogP contribution in [0.15, 0.2) is 164 Å². The molecule has 4 heteroatoms. The number of phenols is 3. The molecule has 7 rings (SSSR count). The summed E-state index contributed by atoms with van der Waals surface area (Å²) in [6.45, 7) is 11.0. The first-order valence-electron chi connectivity index (χ1n) is 16.4. The molecule has 0 atom stereocenters. The van der Waals surface area contributed by atoms with Gasteiger partial charge < -0.3 is 15.3 Å². The summed E-state index contributed by atoms with van der Waals surface area (Å²) in [5.41, 5.74) is 13.1. The molecule has 0 saturated carbocycles. The van der Waals surface area contributed by atoms with Gasteiger partial charge in [-0.1, -0.05) is 180 Å². The predicted molar refractivity (Wildman–Crippen MR) is 206 cm³/mol. The normalized spacial score (nSPS) is 9.78. The average Bonchev–Trinajstić information content (AvgIpc) is 3.31. The van der Waals surface area contributed by atoms with Crippen molar-refractivity contribution in [3.63, 3.8) is 0 Å². The molecule has 0 unspecified atom stereocenters. The molecule has 0 aliphatic heterocycles. The van der Waals surface area contributed by atoms with E-state index in [4.69, 9.17) is 0 Å². The molecule has 7 aromatic rings. The van der Waals surface area contributed by atoms with Gasteiger partial charge in [0, 0.05) is 38.4 Å². The Morgan fingerprint density at radius 1 is 0.340 bits per heavy atom. The third kappa shape index (κ3) is 10.6. The first-order chi connectivity index (χ1) is 23.7. The molecule has 0 amide bonds. The minimum atomic E-state index is 0. The molecule has 50 heavy (non-hydrogen) atoms. The van der Waals surface area contributed by atoms with Gasteiger partial charge in [-0.25, -0.2) is 0 Å². The fraction of sp³-hybridized carbons (Fsp3) is 0.109. The maximum absolute atomic E-state index is 9.56. The van der Waals surface area contributed by atoms with Crippen LogP contribution in [0.3, 0.4) is 0 Å². The van der Waals surface area contributed by atoms with Gasteiger partial charge in [-0.2, -0.15) is 27.8 Å². The smallest absolute Gasteiger partial charge is 0.123 e. The van der Waals surface area contributed by atoms with Crippen LogP contribution in [-0.2, 0) is 21.7 Å². The van der Waals surface area contributed by atoms with E-state index in [0.29, 0.717) is 17.2 Å². The van der Waals surface area contributed by atoms with Crippen molar-refractivity contribution in [2.24, 2.45) is 0 Å². The monoisotopic (exact) mass is 693 g/mol. The second-order valence-electron chi connectivity index (χ2n) is 11.8. The third-order valence-electron chi connectivity index (χ3n) is 8.78. The number of benzene rings is 6. The Bertz CT molecular complexity index is 1760. The van der Waals surface area contributed by atoms with Crippen LogP contribution in [0, 0.1) is 34.6 Å².